The summed E-state index contributed by atoms with van der Waals surface area (Å²) < 4.78 is 56.3. The Kier molecular flexibility index (Phi) is 6.10. The standard InChI is InChI=1S/C23H23F2N3O3S/c1-15-21(16-6-8-19(24)9-7-16)32(30,31)27-22(15)28-12-10-17(11-13-28)23(29)26-14-18-4-2-3-5-20(18)25/h2-9,17H,10-14H2,1H3,(H,26,29). The van der Waals surface area contributed by atoms with Crippen molar-refractivity contribution in [2.75, 3.05) is 13.1 Å². The Balaban J connectivity index is 1.41. The predicted octanol–water partition coefficient (Wildman–Crippen LogP) is 3.47. The van der Waals surface area contributed by atoms with Gasteiger partial charge in [-0.3, -0.25) is 4.79 Å². The van der Waals surface area contributed by atoms with E-state index in [4.69, 9.17) is 0 Å². The molecule has 2 heterocycles. The molecule has 1 amide bonds. The zero-order chi connectivity index (χ0) is 22.9. The lowest BCUT2D eigenvalue weighted by atomic mass is 9.95. The van der Waals surface area contributed by atoms with Crippen LogP contribution in [0.15, 0.2) is 58.5 Å². The molecule has 0 saturated carbocycles. The summed E-state index contributed by atoms with van der Waals surface area (Å²) in [4.78, 5) is 14.5. The zero-order valence-corrected chi connectivity index (χ0v) is 18.3. The van der Waals surface area contributed by atoms with E-state index in [0.717, 1.165) is 0 Å². The van der Waals surface area contributed by atoms with Crippen LogP contribution in [0.25, 0.3) is 4.91 Å². The minimum atomic E-state index is -3.89. The number of hydrogen-bond acceptors (Lipinski definition) is 4. The molecule has 2 aromatic carbocycles. The van der Waals surface area contributed by atoms with Crippen molar-refractivity contribution in [3.8, 4) is 0 Å². The van der Waals surface area contributed by atoms with Crippen molar-refractivity contribution >= 4 is 26.7 Å². The fourth-order valence-electron chi connectivity index (χ4n) is 4.11. The third kappa shape index (κ3) is 4.43. The molecule has 6 nitrogen and oxygen atoms in total. The summed E-state index contributed by atoms with van der Waals surface area (Å²) in [5, 5.41) is 2.79. The number of carbonyl (C=O) groups is 1. The quantitative estimate of drug-likeness (QED) is 0.760. The zero-order valence-electron chi connectivity index (χ0n) is 17.5. The van der Waals surface area contributed by atoms with Gasteiger partial charge in [-0.25, -0.2) is 8.78 Å². The number of piperidine rings is 1. The highest BCUT2D eigenvalue weighted by Gasteiger charge is 2.35. The van der Waals surface area contributed by atoms with Gasteiger partial charge in [0.1, 0.15) is 22.4 Å². The lowest BCUT2D eigenvalue weighted by molar-refractivity contribution is -0.126. The van der Waals surface area contributed by atoms with Gasteiger partial charge in [-0.2, -0.15) is 8.42 Å². The summed E-state index contributed by atoms with van der Waals surface area (Å²) in [6.07, 6.45) is 1.06. The number of carbonyl (C=O) groups excluding carboxylic acids is 1. The van der Waals surface area contributed by atoms with Crippen LogP contribution in [0.4, 0.5) is 8.78 Å². The maximum absolute atomic E-state index is 13.7. The minimum absolute atomic E-state index is 0.0808. The van der Waals surface area contributed by atoms with Crippen LogP contribution in [0, 0.1) is 17.6 Å². The van der Waals surface area contributed by atoms with Crippen LogP contribution in [0.5, 0.6) is 0 Å². The Morgan fingerprint density at radius 1 is 1.09 bits per heavy atom. The number of nitrogens with zero attached hydrogens (tertiary/aromatic N) is 2. The molecule has 2 aliphatic rings. The second-order valence-electron chi connectivity index (χ2n) is 7.92. The summed E-state index contributed by atoms with van der Waals surface area (Å²) in [6, 6.07) is 11.6. The van der Waals surface area contributed by atoms with Crippen molar-refractivity contribution in [1.82, 2.24) is 10.2 Å². The van der Waals surface area contributed by atoms with Gasteiger partial charge in [0.15, 0.2) is 0 Å². The first-order valence-electron chi connectivity index (χ1n) is 10.3. The molecule has 168 valence electrons. The second kappa shape index (κ2) is 8.82. The minimum Gasteiger partial charge on any atom is -0.356 e. The monoisotopic (exact) mass is 459 g/mol. The molecule has 9 heteroatoms. The van der Waals surface area contributed by atoms with Gasteiger partial charge in [0.2, 0.25) is 5.91 Å². The molecule has 0 aliphatic carbocycles. The molecule has 0 radical (unpaired) electrons. The molecule has 0 bridgehead atoms. The molecule has 1 N–H and O–H groups in total. The fourth-order valence-corrected chi connectivity index (χ4v) is 5.59. The van der Waals surface area contributed by atoms with E-state index in [1.165, 1.54) is 30.3 Å². The van der Waals surface area contributed by atoms with Gasteiger partial charge < -0.3 is 10.2 Å². The first-order valence-corrected chi connectivity index (χ1v) is 11.8. The Hall–Kier alpha value is -3.07. The Morgan fingerprint density at radius 2 is 1.75 bits per heavy atom. The number of nitrogens with one attached hydrogen (secondary N) is 1. The molecule has 4 rings (SSSR count). The summed E-state index contributed by atoms with van der Waals surface area (Å²) in [5.74, 6) is -0.818. The normalized spacial score (nSPS) is 18.6. The van der Waals surface area contributed by atoms with Crippen LogP contribution < -0.4 is 5.32 Å². The number of hydrogen-bond donors (Lipinski definition) is 1. The van der Waals surface area contributed by atoms with Crippen molar-refractivity contribution < 1.29 is 22.0 Å². The summed E-state index contributed by atoms with van der Waals surface area (Å²) in [6.45, 7) is 2.76. The van der Waals surface area contributed by atoms with Crippen LogP contribution in [0.2, 0.25) is 0 Å². The van der Waals surface area contributed by atoms with Gasteiger partial charge in [-0.15, -0.1) is 4.40 Å². The van der Waals surface area contributed by atoms with E-state index in [-0.39, 0.29) is 29.1 Å². The van der Waals surface area contributed by atoms with Crippen LogP contribution in [0.1, 0.15) is 30.9 Å². The number of amides is 1. The molecular formula is C23H23F2N3O3S. The van der Waals surface area contributed by atoms with Gasteiger partial charge in [0.25, 0.3) is 10.0 Å². The number of likely N-dealkylation sites (tertiary alicyclic amines) is 1. The maximum atomic E-state index is 13.7. The average molecular weight is 460 g/mol. The molecule has 1 fully saturated rings. The number of sulfonamides is 1. The first kappa shape index (κ1) is 22.1. The third-order valence-electron chi connectivity index (χ3n) is 5.82. The largest absolute Gasteiger partial charge is 0.356 e. The van der Waals surface area contributed by atoms with E-state index < -0.39 is 15.8 Å². The van der Waals surface area contributed by atoms with Crippen LogP contribution in [-0.2, 0) is 21.4 Å². The highest BCUT2D eigenvalue weighted by Crippen LogP contribution is 2.34. The lowest BCUT2D eigenvalue weighted by Gasteiger charge is -2.32. The van der Waals surface area contributed by atoms with Gasteiger partial charge in [-0.05, 0) is 43.5 Å². The predicted molar refractivity (Wildman–Crippen MR) is 118 cm³/mol. The molecule has 0 atom stereocenters. The third-order valence-corrected chi connectivity index (χ3v) is 7.29. The molecule has 0 spiro atoms. The van der Waals surface area contributed by atoms with Crippen molar-refractivity contribution in [2.24, 2.45) is 10.3 Å². The smallest absolute Gasteiger partial charge is 0.285 e. The lowest BCUT2D eigenvalue weighted by Crippen LogP contribution is -2.43. The van der Waals surface area contributed by atoms with Crippen LogP contribution >= 0.6 is 0 Å². The molecule has 0 unspecified atom stereocenters. The number of benzene rings is 2. The van der Waals surface area contributed by atoms with Gasteiger partial charge in [-0.1, -0.05) is 30.3 Å². The Bertz CT molecular complexity index is 1200. The Morgan fingerprint density at radius 3 is 2.41 bits per heavy atom. The van der Waals surface area contributed by atoms with Crippen LogP contribution in [-0.4, -0.2) is 38.2 Å². The highest BCUT2D eigenvalue weighted by molar-refractivity contribution is 8.00. The maximum Gasteiger partial charge on any atom is 0.285 e. The molecule has 1 saturated heterocycles. The SMILES string of the molecule is CC1=C(c2ccc(F)cc2)S(=O)(=O)N=C1N1CCC(C(=O)NCc2ccccc2F)CC1. The van der Waals surface area contributed by atoms with E-state index in [1.807, 2.05) is 4.90 Å². The van der Waals surface area contributed by atoms with E-state index in [2.05, 4.69) is 9.71 Å². The average Bonchev–Trinajstić information content (AvgIpc) is 3.02. The summed E-state index contributed by atoms with van der Waals surface area (Å²) in [7, 11) is -3.89. The van der Waals surface area contributed by atoms with E-state index in [9.17, 15) is 22.0 Å². The van der Waals surface area contributed by atoms with Crippen molar-refractivity contribution in [3.63, 3.8) is 0 Å². The Labute approximate surface area is 185 Å². The van der Waals surface area contributed by atoms with E-state index in [1.54, 1.807) is 25.1 Å². The molecule has 2 aliphatic heterocycles. The van der Waals surface area contributed by atoms with E-state index >= 15 is 0 Å². The van der Waals surface area contributed by atoms with Gasteiger partial charge in [0, 0.05) is 36.7 Å². The second-order valence-corrected chi connectivity index (χ2v) is 9.46. The first-order chi connectivity index (χ1) is 15.3. The van der Waals surface area contributed by atoms with Crippen LogP contribution in [0.3, 0.4) is 0 Å². The van der Waals surface area contributed by atoms with Gasteiger partial charge >= 0.3 is 0 Å². The van der Waals surface area contributed by atoms with Gasteiger partial charge in [0.05, 0.1) is 0 Å². The van der Waals surface area contributed by atoms with Crippen molar-refractivity contribution in [1.29, 1.82) is 0 Å². The topological polar surface area (TPSA) is 78.8 Å². The van der Waals surface area contributed by atoms with Crippen molar-refractivity contribution in [2.45, 2.75) is 26.3 Å². The number of rotatable bonds is 4. The molecule has 0 aromatic heterocycles. The fraction of sp³-hybridized carbons (Fsp3) is 0.304. The molecule has 2 aromatic rings. The number of halogens is 2. The summed E-state index contributed by atoms with van der Waals surface area (Å²) in [5.41, 5.74) is 1.34. The summed E-state index contributed by atoms with van der Waals surface area (Å²) >= 11 is 0. The molecular weight excluding hydrogens is 436 g/mol. The number of amidine groups is 1. The van der Waals surface area contributed by atoms with E-state index in [0.29, 0.717) is 48.5 Å². The molecule has 32 heavy (non-hydrogen) atoms. The van der Waals surface area contributed by atoms with Crippen molar-refractivity contribution in [3.05, 3.63) is 76.9 Å². The highest BCUT2D eigenvalue weighted by atomic mass is 32.2.